The number of amides is 2. The number of nitrogens with zero attached hydrogens (tertiary/aromatic N) is 2. The number of fused-ring (bicyclic) bond motifs is 1. The number of thioether (sulfide) groups is 1. The third-order valence-corrected chi connectivity index (χ3v) is 6.44. The van der Waals surface area contributed by atoms with E-state index in [1.807, 2.05) is 31.2 Å². The van der Waals surface area contributed by atoms with Crippen LogP contribution in [0.1, 0.15) is 51.5 Å². The molecule has 160 valence electrons. The zero-order valence-corrected chi connectivity index (χ0v) is 18.9. The average Bonchev–Trinajstić information content (AvgIpc) is 3.17. The third-order valence-electron chi connectivity index (χ3n) is 4.99. The van der Waals surface area contributed by atoms with E-state index in [-0.39, 0.29) is 30.7 Å². The fourth-order valence-corrected chi connectivity index (χ4v) is 4.85. The van der Waals surface area contributed by atoms with Crippen LogP contribution in [-0.4, -0.2) is 46.7 Å². The van der Waals surface area contributed by atoms with Gasteiger partial charge in [0.15, 0.2) is 0 Å². The van der Waals surface area contributed by atoms with Gasteiger partial charge < -0.3 is 9.64 Å². The van der Waals surface area contributed by atoms with Crippen LogP contribution in [0.5, 0.6) is 0 Å². The Labute approximate surface area is 186 Å². The molecule has 0 aliphatic carbocycles. The highest BCUT2D eigenvalue weighted by atomic mass is 32.2. The van der Waals surface area contributed by atoms with Crippen molar-refractivity contribution in [2.75, 3.05) is 24.6 Å². The highest BCUT2D eigenvalue weighted by Gasteiger charge is 2.41. The summed E-state index contributed by atoms with van der Waals surface area (Å²) in [6.45, 7) is 5.18. The Morgan fingerprint density at radius 2 is 1.80 bits per heavy atom. The zero-order valence-electron chi connectivity index (χ0n) is 17.3. The summed E-state index contributed by atoms with van der Waals surface area (Å²) in [6, 6.07) is 7.55. The maximum atomic E-state index is 13.3. The summed E-state index contributed by atoms with van der Waals surface area (Å²) in [7, 11) is 0. The molecule has 3 rings (SSSR count). The molecule has 8 heteroatoms. The molecule has 1 fully saturated rings. The largest absolute Gasteiger partial charge is 0.466 e. The molecule has 2 aliphatic heterocycles. The van der Waals surface area contributed by atoms with E-state index in [2.05, 4.69) is 6.92 Å². The van der Waals surface area contributed by atoms with Gasteiger partial charge in [-0.25, -0.2) is 0 Å². The number of unbranched alkanes of at least 4 members (excludes halogenated alkanes) is 2. The number of hydrogen-bond donors (Lipinski definition) is 0. The maximum Gasteiger partial charge on any atom is 0.307 e. The van der Waals surface area contributed by atoms with Crippen LogP contribution in [0, 0.1) is 0 Å². The molecule has 0 saturated carbocycles. The van der Waals surface area contributed by atoms with Crippen molar-refractivity contribution in [1.29, 1.82) is 0 Å². The Kier molecular flexibility index (Phi) is 7.66. The van der Waals surface area contributed by atoms with Crippen LogP contribution in [0.2, 0.25) is 0 Å². The number of hydrogen-bond acceptors (Lipinski definition) is 6. The van der Waals surface area contributed by atoms with Crippen molar-refractivity contribution in [3.8, 4) is 0 Å². The molecule has 0 atom stereocenters. The zero-order chi connectivity index (χ0) is 21.7. The van der Waals surface area contributed by atoms with Gasteiger partial charge in [0.1, 0.15) is 4.32 Å². The van der Waals surface area contributed by atoms with Crippen molar-refractivity contribution < 1.29 is 19.1 Å². The van der Waals surface area contributed by atoms with Gasteiger partial charge in [0.05, 0.1) is 29.2 Å². The van der Waals surface area contributed by atoms with Crippen LogP contribution in [0.3, 0.4) is 0 Å². The molecular weight excluding hydrogens is 420 g/mol. The van der Waals surface area contributed by atoms with Gasteiger partial charge in [0.2, 0.25) is 0 Å². The topological polar surface area (TPSA) is 66.9 Å². The second-order valence-electron chi connectivity index (χ2n) is 7.18. The second-order valence-corrected chi connectivity index (χ2v) is 8.82. The van der Waals surface area contributed by atoms with Crippen LogP contribution >= 0.6 is 24.0 Å². The minimum atomic E-state index is -0.358. The van der Waals surface area contributed by atoms with E-state index in [1.54, 1.807) is 4.90 Å². The van der Waals surface area contributed by atoms with E-state index in [9.17, 15) is 14.4 Å². The molecule has 2 aliphatic rings. The lowest BCUT2D eigenvalue weighted by atomic mass is 10.1. The highest BCUT2D eigenvalue weighted by Crippen LogP contribution is 2.44. The number of para-hydroxylation sites is 1. The summed E-state index contributed by atoms with van der Waals surface area (Å²) >= 11 is 6.51. The number of ether oxygens (including phenoxy) is 1. The van der Waals surface area contributed by atoms with Gasteiger partial charge in [-0.05, 0) is 18.9 Å². The average molecular weight is 447 g/mol. The van der Waals surface area contributed by atoms with Crippen molar-refractivity contribution >= 4 is 57.3 Å². The number of anilines is 1. The Hall–Kier alpha value is -2.19. The van der Waals surface area contributed by atoms with E-state index < -0.39 is 0 Å². The second kappa shape index (κ2) is 10.2. The molecule has 0 aromatic heterocycles. The first-order valence-corrected chi connectivity index (χ1v) is 11.6. The summed E-state index contributed by atoms with van der Waals surface area (Å²) in [4.78, 5) is 41.7. The molecular formula is C22H26N2O4S2. The van der Waals surface area contributed by atoms with E-state index >= 15 is 0 Å². The standard InChI is InChI=1S/C22H26N2O4S2/c1-3-5-8-12-23-16-10-7-6-9-15(16)18(20(23)26)19-21(27)24(22(29)30-19)13-11-17(25)28-14-4-2/h6-7,9-10H,3-5,8,11-14H2,1-2H3/b19-18-. The third kappa shape index (κ3) is 4.59. The number of carbonyl (C=O) groups is 3. The van der Waals surface area contributed by atoms with Crippen LogP contribution < -0.4 is 4.90 Å². The van der Waals surface area contributed by atoms with E-state index in [0.717, 1.165) is 48.7 Å². The number of carbonyl (C=O) groups excluding carboxylic acids is 3. The molecule has 0 spiro atoms. The summed E-state index contributed by atoms with van der Waals surface area (Å²) < 4.78 is 5.43. The molecule has 0 N–H and O–H groups in total. The van der Waals surface area contributed by atoms with Gasteiger partial charge >= 0.3 is 5.97 Å². The first-order chi connectivity index (χ1) is 14.5. The number of esters is 1. The van der Waals surface area contributed by atoms with E-state index in [4.69, 9.17) is 17.0 Å². The fourth-order valence-electron chi connectivity index (χ4n) is 3.47. The molecule has 1 aromatic rings. The maximum absolute atomic E-state index is 13.3. The van der Waals surface area contributed by atoms with Gasteiger partial charge in [-0.3, -0.25) is 19.3 Å². The molecule has 1 saturated heterocycles. The van der Waals surface area contributed by atoms with E-state index in [0.29, 0.717) is 28.0 Å². The smallest absolute Gasteiger partial charge is 0.307 e. The first-order valence-electron chi connectivity index (χ1n) is 10.3. The number of benzene rings is 1. The van der Waals surface area contributed by atoms with Crippen molar-refractivity contribution in [3.63, 3.8) is 0 Å². The Morgan fingerprint density at radius 1 is 1.03 bits per heavy atom. The lowest BCUT2D eigenvalue weighted by molar-refractivity contribution is -0.144. The Morgan fingerprint density at radius 3 is 2.53 bits per heavy atom. The van der Waals surface area contributed by atoms with Crippen molar-refractivity contribution in [1.82, 2.24) is 4.90 Å². The summed E-state index contributed by atoms with van der Waals surface area (Å²) in [5.41, 5.74) is 2.01. The Balaban J connectivity index is 1.83. The monoisotopic (exact) mass is 446 g/mol. The molecule has 2 heterocycles. The van der Waals surface area contributed by atoms with Crippen LogP contribution in [0.25, 0.3) is 5.57 Å². The minimum Gasteiger partial charge on any atom is -0.466 e. The molecule has 0 bridgehead atoms. The summed E-state index contributed by atoms with van der Waals surface area (Å²) in [5, 5.41) is 0. The molecule has 2 amide bonds. The highest BCUT2D eigenvalue weighted by molar-refractivity contribution is 8.26. The van der Waals surface area contributed by atoms with E-state index in [1.165, 1.54) is 4.90 Å². The predicted octanol–water partition coefficient (Wildman–Crippen LogP) is 4.14. The SMILES string of the molecule is CCCCCN1C(=O)/C(=C2\SC(=S)N(CCC(=O)OCCC)C2=O)c2ccccc21. The quantitative estimate of drug-likeness (QED) is 0.246. The van der Waals surface area contributed by atoms with Gasteiger partial charge in [-0.2, -0.15) is 0 Å². The molecule has 0 unspecified atom stereocenters. The van der Waals surface area contributed by atoms with Crippen LogP contribution in [0.15, 0.2) is 29.2 Å². The van der Waals surface area contributed by atoms with Crippen molar-refractivity contribution in [3.05, 3.63) is 34.7 Å². The lowest BCUT2D eigenvalue weighted by Crippen LogP contribution is -2.31. The summed E-state index contributed by atoms with van der Waals surface area (Å²) in [5.74, 6) is -0.833. The lowest BCUT2D eigenvalue weighted by Gasteiger charge is -2.16. The molecule has 30 heavy (non-hydrogen) atoms. The van der Waals surface area contributed by atoms with Gasteiger partial charge in [0, 0.05) is 18.7 Å². The van der Waals surface area contributed by atoms with Crippen molar-refractivity contribution in [2.24, 2.45) is 0 Å². The van der Waals surface area contributed by atoms with Crippen molar-refractivity contribution in [2.45, 2.75) is 46.0 Å². The van der Waals surface area contributed by atoms with Gasteiger partial charge in [-0.1, -0.05) is 68.9 Å². The summed E-state index contributed by atoms with van der Waals surface area (Å²) in [6.07, 6.45) is 3.83. The normalized spacial score (nSPS) is 18.4. The predicted molar refractivity (Wildman–Crippen MR) is 123 cm³/mol. The van der Waals surface area contributed by atoms with Crippen LogP contribution in [-0.2, 0) is 19.1 Å². The Bertz CT molecular complexity index is 897. The van der Waals surface area contributed by atoms with Crippen LogP contribution in [0.4, 0.5) is 5.69 Å². The molecule has 6 nitrogen and oxygen atoms in total. The molecule has 0 radical (unpaired) electrons. The fraction of sp³-hybridized carbons (Fsp3) is 0.455. The number of rotatable bonds is 9. The van der Waals surface area contributed by atoms with Gasteiger partial charge in [0.25, 0.3) is 11.8 Å². The van der Waals surface area contributed by atoms with Gasteiger partial charge in [-0.15, -0.1) is 0 Å². The minimum absolute atomic E-state index is 0.0722. The first kappa shape index (κ1) is 22.5. The number of thiocarbonyl (C=S) groups is 1. The molecule has 1 aromatic carbocycles.